The Kier molecular flexibility index (Phi) is 6.04. The summed E-state index contributed by atoms with van der Waals surface area (Å²) >= 11 is 0. The van der Waals surface area contributed by atoms with Crippen LogP contribution in [0.4, 0.5) is 0 Å². The Bertz CT molecular complexity index is 790. The number of carbonyl (C=O) groups excluding carboxylic acids is 2. The average Bonchev–Trinajstić information content (AvgIpc) is 3.02. The van der Waals surface area contributed by atoms with E-state index in [1.807, 2.05) is 28.8 Å². The number of fused-ring (bicyclic) bond motifs is 1. The van der Waals surface area contributed by atoms with Crippen LogP contribution in [-0.2, 0) is 22.7 Å². The molecule has 26 heavy (non-hydrogen) atoms. The van der Waals surface area contributed by atoms with Crippen LogP contribution in [0.25, 0.3) is 11.0 Å². The van der Waals surface area contributed by atoms with E-state index in [0.717, 1.165) is 36.7 Å². The van der Waals surface area contributed by atoms with Gasteiger partial charge >= 0.3 is 0 Å². The number of para-hydroxylation sites is 2. The van der Waals surface area contributed by atoms with E-state index in [-0.39, 0.29) is 24.3 Å². The molecule has 0 saturated heterocycles. The average molecular weight is 354 g/mol. The van der Waals surface area contributed by atoms with Gasteiger partial charge in [-0.1, -0.05) is 37.5 Å². The van der Waals surface area contributed by atoms with E-state index < -0.39 is 0 Å². The van der Waals surface area contributed by atoms with Crippen molar-refractivity contribution in [3.05, 3.63) is 42.7 Å². The fourth-order valence-electron chi connectivity index (χ4n) is 3.50. The minimum absolute atomic E-state index is 0.0967. The molecule has 2 amide bonds. The third kappa shape index (κ3) is 4.31. The van der Waals surface area contributed by atoms with Gasteiger partial charge in [-0.15, -0.1) is 6.58 Å². The van der Waals surface area contributed by atoms with E-state index >= 15 is 0 Å². The second kappa shape index (κ2) is 8.65. The van der Waals surface area contributed by atoms with Crippen molar-refractivity contribution in [1.82, 2.24) is 20.2 Å². The van der Waals surface area contributed by atoms with Crippen LogP contribution in [0.2, 0.25) is 0 Å². The molecule has 1 saturated carbocycles. The summed E-state index contributed by atoms with van der Waals surface area (Å²) in [4.78, 5) is 29.2. The molecule has 3 rings (SSSR count). The molecule has 6 nitrogen and oxygen atoms in total. The first kappa shape index (κ1) is 18.2. The van der Waals surface area contributed by atoms with Crippen molar-refractivity contribution in [1.29, 1.82) is 0 Å². The molecule has 0 aliphatic heterocycles. The summed E-state index contributed by atoms with van der Waals surface area (Å²) in [5.41, 5.74) is 1.72. The van der Waals surface area contributed by atoms with Crippen molar-refractivity contribution in [3.8, 4) is 0 Å². The van der Waals surface area contributed by atoms with E-state index in [2.05, 4.69) is 22.2 Å². The SMILES string of the molecule is C=CCNC(=O)Cn1c(CNC(=O)C2CCCCC2)nc2ccccc21. The van der Waals surface area contributed by atoms with Crippen LogP contribution < -0.4 is 10.6 Å². The molecular weight excluding hydrogens is 328 g/mol. The Labute approximate surface area is 153 Å². The zero-order valence-corrected chi connectivity index (χ0v) is 15.0. The Morgan fingerprint density at radius 1 is 1.19 bits per heavy atom. The lowest BCUT2D eigenvalue weighted by Gasteiger charge is -2.20. The summed E-state index contributed by atoms with van der Waals surface area (Å²) in [5, 5.41) is 5.80. The van der Waals surface area contributed by atoms with Crippen LogP contribution in [0.15, 0.2) is 36.9 Å². The maximum atomic E-state index is 12.4. The van der Waals surface area contributed by atoms with Crippen LogP contribution in [0.5, 0.6) is 0 Å². The molecule has 2 aromatic rings. The van der Waals surface area contributed by atoms with Gasteiger partial charge in [-0.05, 0) is 25.0 Å². The maximum absolute atomic E-state index is 12.4. The van der Waals surface area contributed by atoms with Gasteiger partial charge in [0.2, 0.25) is 11.8 Å². The quantitative estimate of drug-likeness (QED) is 0.750. The predicted molar refractivity (Wildman–Crippen MR) is 101 cm³/mol. The van der Waals surface area contributed by atoms with Gasteiger partial charge in [0, 0.05) is 12.5 Å². The smallest absolute Gasteiger partial charge is 0.240 e. The van der Waals surface area contributed by atoms with E-state index in [0.29, 0.717) is 18.9 Å². The largest absolute Gasteiger partial charge is 0.351 e. The van der Waals surface area contributed by atoms with Crippen molar-refractivity contribution in [2.24, 2.45) is 5.92 Å². The highest BCUT2D eigenvalue weighted by Crippen LogP contribution is 2.24. The molecule has 6 heteroatoms. The van der Waals surface area contributed by atoms with Crippen molar-refractivity contribution in [3.63, 3.8) is 0 Å². The van der Waals surface area contributed by atoms with E-state index in [4.69, 9.17) is 0 Å². The van der Waals surface area contributed by atoms with Gasteiger partial charge in [-0.3, -0.25) is 9.59 Å². The van der Waals surface area contributed by atoms with Gasteiger partial charge in [0.1, 0.15) is 12.4 Å². The predicted octanol–water partition coefficient (Wildman–Crippen LogP) is 2.53. The van der Waals surface area contributed by atoms with E-state index in [9.17, 15) is 9.59 Å². The molecule has 1 fully saturated rings. The molecule has 1 aromatic carbocycles. The number of hydrogen-bond acceptors (Lipinski definition) is 3. The zero-order valence-electron chi connectivity index (χ0n) is 15.0. The number of nitrogens with one attached hydrogen (secondary N) is 2. The molecule has 2 N–H and O–H groups in total. The van der Waals surface area contributed by atoms with Gasteiger partial charge in [0.05, 0.1) is 17.6 Å². The van der Waals surface area contributed by atoms with Crippen LogP contribution in [-0.4, -0.2) is 27.9 Å². The topological polar surface area (TPSA) is 76.0 Å². The first-order valence-electron chi connectivity index (χ1n) is 9.28. The molecule has 1 heterocycles. The third-order valence-corrected chi connectivity index (χ3v) is 4.88. The summed E-state index contributed by atoms with van der Waals surface area (Å²) < 4.78 is 1.87. The number of benzene rings is 1. The molecular formula is C20H26N4O2. The van der Waals surface area contributed by atoms with Crippen molar-refractivity contribution in [2.45, 2.75) is 45.2 Å². The number of hydrogen-bond donors (Lipinski definition) is 2. The lowest BCUT2D eigenvalue weighted by molar-refractivity contribution is -0.126. The second-order valence-corrected chi connectivity index (χ2v) is 6.75. The van der Waals surface area contributed by atoms with Gasteiger partial charge in [0.25, 0.3) is 0 Å². The standard InChI is InChI=1S/C20H26N4O2/c1-2-12-21-19(25)14-24-17-11-7-6-10-16(17)23-18(24)13-22-20(26)15-8-4-3-5-9-15/h2,6-7,10-11,15H,1,3-5,8-9,12-14H2,(H,21,25)(H,22,26). The summed E-state index contributed by atoms with van der Waals surface area (Å²) in [6.45, 7) is 4.54. The highest BCUT2D eigenvalue weighted by molar-refractivity contribution is 5.82. The van der Waals surface area contributed by atoms with Gasteiger partial charge in [0.15, 0.2) is 0 Å². The molecule has 138 valence electrons. The highest BCUT2D eigenvalue weighted by Gasteiger charge is 2.21. The summed E-state index contributed by atoms with van der Waals surface area (Å²) in [6, 6.07) is 7.70. The first-order chi connectivity index (χ1) is 12.7. The van der Waals surface area contributed by atoms with Crippen LogP contribution in [0.3, 0.4) is 0 Å². The molecule has 0 atom stereocenters. The lowest BCUT2D eigenvalue weighted by atomic mass is 9.89. The van der Waals surface area contributed by atoms with Crippen molar-refractivity contribution < 1.29 is 9.59 Å². The Hall–Kier alpha value is -2.63. The van der Waals surface area contributed by atoms with Crippen LogP contribution in [0.1, 0.15) is 37.9 Å². The summed E-state index contributed by atoms with van der Waals surface area (Å²) in [5.74, 6) is 0.800. The molecule has 0 spiro atoms. The summed E-state index contributed by atoms with van der Waals surface area (Å²) in [6.07, 6.45) is 7.05. The number of aromatic nitrogens is 2. The molecule has 1 aliphatic rings. The molecule has 0 bridgehead atoms. The van der Waals surface area contributed by atoms with Gasteiger partial charge in [-0.25, -0.2) is 4.98 Å². The molecule has 0 unspecified atom stereocenters. The second-order valence-electron chi connectivity index (χ2n) is 6.75. The molecule has 1 aliphatic carbocycles. The van der Waals surface area contributed by atoms with E-state index in [1.54, 1.807) is 6.08 Å². The maximum Gasteiger partial charge on any atom is 0.240 e. The van der Waals surface area contributed by atoms with Gasteiger partial charge < -0.3 is 15.2 Å². The lowest BCUT2D eigenvalue weighted by Crippen LogP contribution is -2.33. The van der Waals surface area contributed by atoms with Crippen LogP contribution in [0, 0.1) is 5.92 Å². The number of imidazole rings is 1. The van der Waals surface area contributed by atoms with Gasteiger partial charge in [-0.2, -0.15) is 0 Å². The molecule has 0 radical (unpaired) electrons. The fourth-order valence-corrected chi connectivity index (χ4v) is 3.50. The summed E-state index contributed by atoms with van der Waals surface area (Å²) in [7, 11) is 0. The van der Waals surface area contributed by atoms with Crippen molar-refractivity contribution >= 4 is 22.8 Å². The number of carbonyl (C=O) groups is 2. The zero-order chi connectivity index (χ0) is 18.4. The van der Waals surface area contributed by atoms with E-state index in [1.165, 1.54) is 6.42 Å². The molecule has 1 aromatic heterocycles. The minimum atomic E-state index is -0.104. The fraction of sp³-hybridized carbons (Fsp3) is 0.450. The van der Waals surface area contributed by atoms with Crippen LogP contribution >= 0.6 is 0 Å². The van der Waals surface area contributed by atoms with Crippen molar-refractivity contribution in [2.75, 3.05) is 6.54 Å². The Balaban J connectivity index is 1.73. The Morgan fingerprint density at radius 3 is 2.73 bits per heavy atom. The Morgan fingerprint density at radius 2 is 1.96 bits per heavy atom. The monoisotopic (exact) mass is 354 g/mol. The number of nitrogens with zero attached hydrogens (tertiary/aromatic N) is 2. The highest BCUT2D eigenvalue weighted by atomic mass is 16.2. The number of amides is 2. The normalized spacial score (nSPS) is 14.9. The number of rotatable bonds is 7. The first-order valence-corrected chi connectivity index (χ1v) is 9.28. The third-order valence-electron chi connectivity index (χ3n) is 4.88. The minimum Gasteiger partial charge on any atom is -0.351 e.